The first-order chi connectivity index (χ1) is 15.7. The van der Waals surface area contributed by atoms with E-state index in [-0.39, 0.29) is 5.91 Å². The van der Waals surface area contributed by atoms with E-state index in [2.05, 4.69) is 25.1 Å². The van der Waals surface area contributed by atoms with Crippen molar-refractivity contribution in [3.05, 3.63) is 78.9 Å². The minimum atomic E-state index is -0.00640. The number of carbonyl (C=O) groups excluding carboxylic acids is 1. The summed E-state index contributed by atoms with van der Waals surface area (Å²) in [6.45, 7) is 3.27. The molecule has 0 atom stereocenters. The molecule has 0 spiro atoms. The lowest BCUT2D eigenvalue weighted by Gasteiger charge is -2.36. The second-order valence-electron chi connectivity index (χ2n) is 8.16. The van der Waals surface area contributed by atoms with Gasteiger partial charge in [-0.05, 0) is 69.4 Å². The Morgan fingerprint density at radius 3 is 2.38 bits per heavy atom. The van der Waals surface area contributed by atoms with E-state index in [9.17, 15) is 4.79 Å². The quantitative estimate of drug-likeness (QED) is 0.585. The topological polar surface area (TPSA) is 70.6 Å². The van der Waals surface area contributed by atoms with Crippen LogP contribution in [-0.4, -0.2) is 58.4 Å². The Morgan fingerprint density at radius 1 is 1.03 bits per heavy atom. The number of ether oxygens (including phenoxy) is 1. The number of carbonyl (C=O) groups is 1. The van der Waals surface area contributed by atoms with Gasteiger partial charge in [0, 0.05) is 36.2 Å². The van der Waals surface area contributed by atoms with Gasteiger partial charge in [0.1, 0.15) is 17.8 Å². The van der Waals surface area contributed by atoms with Crippen LogP contribution < -0.4 is 10.1 Å². The molecule has 0 radical (unpaired) electrons. The highest BCUT2D eigenvalue weighted by atomic mass is 16.5. The molecule has 0 bridgehead atoms. The number of hydrogen-bond donors (Lipinski definition) is 1. The van der Waals surface area contributed by atoms with E-state index < -0.39 is 0 Å². The number of anilines is 1. The highest BCUT2D eigenvalue weighted by molar-refractivity contribution is 5.92. The van der Waals surface area contributed by atoms with E-state index in [1.54, 1.807) is 6.33 Å². The fourth-order valence-corrected chi connectivity index (χ4v) is 3.98. The van der Waals surface area contributed by atoms with Gasteiger partial charge in [-0.1, -0.05) is 18.2 Å². The molecule has 7 nitrogen and oxygen atoms in total. The molecule has 1 aromatic heterocycles. The van der Waals surface area contributed by atoms with Crippen molar-refractivity contribution in [3.63, 3.8) is 0 Å². The van der Waals surface area contributed by atoms with Crippen molar-refractivity contribution in [2.75, 3.05) is 32.0 Å². The third-order valence-electron chi connectivity index (χ3n) is 5.71. The Kier molecular flexibility index (Phi) is 7.42. The van der Waals surface area contributed by atoms with Gasteiger partial charge in [0.25, 0.3) is 0 Å². The van der Waals surface area contributed by atoms with Crippen LogP contribution in [0.3, 0.4) is 0 Å². The minimum absolute atomic E-state index is 0.00640. The predicted molar refractivity (Wildman–Crippen MR) is 125 cm³/mol. The first-order valence-electron chi connectivity index (χ1n) is 10.9. The summed E-state index contributed by atoms with van der Waals surface area (Å²) in [7, 11) is 2.03. The molecule has 1 aliphatic heterocycles. The summed E-state index contributed by atoms with van der Waals surface area (Å²) >= 11 is 0. The van der Waals surface area contributed by atoms with Gasteiger partial charge in [0.05, 0.1) is 6.54 Å². The normalized spacial score (nSPS) is 14.9. The smallest absolute Gasteiger partial charge is 0.238 e. The number of hydrogen-bond acceptors (Lipinski definition) is 6. The molecule has 0 aliphatic carbocycles. The molecular weight excluding hydrogens is 402 g/mol. The molecule has 1 fully saturated rings. The van der Waals surface area contributed by atoms with E-state index in [0.717, 1.165) is 55.2 Å². The lowest BCUT2D eigenvalue weighted by molar-refractivity contribution is -0.117. The third kappa shape index (κ3) is 6.35. The number of piperidine rings is 1. The number of likely N-dealkylation sites (tertiary alicyclic amines) is 1. The second kappa shape index (κ2) is 10.8. The molecule has 1 saturated heterocycles. The summed E-state index contributed by atoms with van der Waals surface area (Å²) in [5.41, 5.74) is 1.91. The van der Waals surface area contributed by atoms with Crippen LogP contribution in [0, 0.1) is 0 Å². The summed E-state index contributed by atoms with van der Waals surface area (Å²) in [4.78, 5) is 25.3. The Morgan fingerprint density at radius 2 is 1.69 bits per heavy atom. The van der Waals surface area contributed by atoms with E-state index in [4.69, 9.17) is 4.74 Å². The summed E-state index contributed by atoms with van der Waals surface area (Å²) in [6, 6.07) is 17.5. The third-order valence-corrected chi connectivity index (χ3v) is 5.71. The minimum Gasteiger partial charge on any atom is -0.457 e. The fraction of sp³-hybridized carbons (Fsp3) is 0.320. The van der Waals surface area contributed by atoms with E-state index in [1.807, 2.05) is 74.0 Å². The zero-order valence-corrected chi connectivity index (χ0v) is 18.4. The molecular formula is C25H29N5O2. The van der Waals surface area contributed by atoms with Crippen LogP contribution >= 0.6 is 0 Å². The molecule has 7 heteroatoms. The van der Waals surface area contributed by atoms with Crippen LogP contribution in [0.4, 0.5) is 5.69 Å². The molecule has 32 heavy (non-hydrogen) atoms. The largest absolute Gasteiger partial charge is 0.457 e. The van der Waals surface area contributed by atoms with Crippen molar-refractivity contribution in [3.8, 4) is 11.5 Å². The first-order valence-corrected chi connectivity index (χ1v) is 10.9. The van der Waals surface area contributed by atoms with Crippen molar-refractivity contribution in [1.82, 2.24) is 19.8 Å². The Bertz CT molecular complexity index is 974. The molecule has 3 aromatic rings. The number of nitrogens with zero attached hydrogens (tertiary/aromatic N) is 4. The standard InChI is InChI=1S/C25H29N5O2/c1-29(22-11-13-30(14-12-22)17-20-15-26-19-27-16-20)18-25(31)28-21-7-9-24(10-8-21)32-23-5-3-2-4-6-23/h2-10,15-16,19,22H,11-14,17-18H2,1H3,(H,28,31). The average Bonchev–Trinajstić information content (AvgIpc) is 2.82. The zero-order chi connectivity index (χ0) is 22.2. The Balaban J connectivity index is 1.20. The number of rotatable bonds is 8. The van der Waals surface area contributed by atoms with Crippen LogP contribution in [0.2, 0.25) is 0 Å². The Labute approximate surface area is 189 Å². The van der Waals surface area contributed by atoms with Crippen LogP contribution in [-0.2, 0) is 11.3 Å². The van der Waals surface area contributed by atoms with Crippen LogP contribution in [0.25, 0.3) is 0 Å². The van der Waals surface area contributed by atoms with Gasteiger partial charge < -0.3 is 10.1 Å². The van der Waals surface area contributed by atoms with Crippen LogP contribution in [0.5, 0.6) is 11.5 Å². The SMILES string of the molecule is CN(CC(=O)Nc1ccc(Oc2ccccc2)cc1)C1CCN(Cc2cncnc2)CC1. The maximum absolute atomic E-state index is 12.5. The molecule has 0 unspecified atom stereocenters. The molecule has 1 N–H and O–H groups in total. The number of aromatic nitrogens is 2. The zero-order valence-electron chi connectivity index (χ0n) is 18.4. The van der Waals surface area contributed by atoms with E-state index >= 15 is 0 Å². The number of nitrogens with one attached hydrogen (secondary N) is 1. The highest BCUT2D eigenvalue weighted by Crippen LogP contribution is 2.23. The van der Waals surface area contributed by atoms with Crippen molar-refractivity contribution in [2.45, 2.75) is 25.4 Å². The van der Waals surface area contributed by atoms with Crippen LogP contribution in [0.1, 0.15) is 18.4 Å². The molecule has 166 valence electrons. The summed E-state index contributed by atoms with van der Waals surface area (Å²) in [6.07, 6.45) is 7.39. The number of likely N-dealkylation sites (N-methyl/N-ethyl adjacent to an activating group) is 1. The van der Waals surface area contributed by atoms with Gasteiger partial charge in [0.2, 0.25) is 5.91 Å². The van der Waals surface area contributed by atoms with Gasteiger partial charge in [-0.25, -0.2) is 9.97 Å². The van der Waals surface area contributed by atoms with Gasteiger partial charge in [-0.2, -0.15) is 0 Å². The Hall–Kier alpha value is -3.29. The summed E-state index contributed by atoms with van der Waals surface area (Å²) in [5.74, 6) is 1.52. The number of benzene rings is 2. The van der Waals surface area contributed by atoms with E-state index in [0.29, 0.717) is 12.6 Å². The van der Waals surface area contributed by atoms with Crippen molar-refractivity contribution < 1.29 is 9.53 Å². The molecule has 2 aromatic carbocycles. The first kappa shape index (κ1) is 21.9. The van der Waals surface area contributed by atoms with Gasteiger partial charge >= 0.3 is 0 Å². The van der Waals surface area contributed by atoms with Gasteiger partial charge in [0.15, 0.2) is 0 Å². The fourth-order valence-electron chi connectivity index (χ4n) is 3.98. The molecule has 1 aliphatic rings. The van der Waals surface area contributed by atoms with Crippen molar-refractivity contribution >= 4 is 11.6 Å². The lowest BCUT2D eigenvalue weighted by Crippen LogP contribution is -2.45. The lowest BCUT2D eigenvalue weighted by atomic mass is 10.0. The maximum atomic E-state index is 12.5. The van der Waals surface area contributed by atoms with Crippen molar-refractivity contribution in [1.29, 1.82) is 0 Å². The predicted octanol–water partition coefficient (Wildman–Crippen LogP) is 3.80. The molecule has 0 saturated carbocycles. The van der Waals surface area contributed by atoms with E-state index in [1.165, 1.54) is 0 Å². The maximum Gasteiger partial charge on any atom is 0.238 e. The van der Waals surface area contributed by atoms with Gasteiger partial charge in [-0.3, -0.25) is 14.6 Å². The number of para-hydroxylation sites is 1. The monoisotopic (exact) mass is 431 g/mol. The van der Waals surface area contributed by atoms with Gasteiger partial charge in [-0.15, -0.1) is 0 Å². The molecule has 2 heterocycles. The number of amides is 1. The average molecular weight is 432 g/mol. The van der Waals surface area contributed by atoms with Crippen molar-refractivity contribution in [2.24, 2.45) is 0 Å². The highest BCUT2D eigenvalue weighted by Gasteiger charge is 2.23. The summed E-state index contributed by atoms with van der Waals surface area (Å²) < 4.78 is 5.80. The molecule has 1 amide bonds. The van der Waals surface area contributed by atoms with Crippen LogP contribution in [0.15, 0.2) is 73.3 Å². The second-order valence-corrected chi connectivity index (χ2v) is 8.16. The summed E-state index contributed by atoms with van der Waals surface area (Å²) in [5, 5.41) is 2.98. The molecule has 4 rings (SSSR count).